The minimum Gasteiger partial charge on any atom is -0.354 e. The fourth-order valence-electron chi connectivity index (χ4n) is 5.32. The fourth-order valence-corrected chi connectivity index (χ4v) is 5.32. The lowest BCUT2D eigenvalue weighted by atomic mass is 9.82. The van der Waals surface area contributed by atoms with Crippen LogP contribution in [-0.4, -0.2) is 32.8 Å². The average Bonchev–Trinajstić information content (AvgIpc) is 3.27. The number of hydrogen-bond donors (Lipinski definition) is 2. The van der Waals surface area contributed by atoms with Crippen molar-refractivity contribution in [1.29, 1.82) is 0 Å². The van der Waals surface area contributed by atoms with E-state index in [-0.39, 0.29) is 0 Å². The van der Waals surface area contributed by atoms with Gasteiger partial charge in [-0.25, -0.2) is 9.67 Å². The molecule has 3 N–H and O–H groups in total. The second-order valence-electron chi connectivity index (χ2n) is 9.46. The molecule has 0 atom stereocenters. The molecule has 2 aliphatic rings. The lowest BCUT2D eigenvalue weighted by molar-refractivity contribution is 0.289. The van der Waals surface area contributed by atoms with Gasteiger partial charge in [-0.3, -0.25) is 0 Å². The first-order valence-electron chi connectivity index (χ1n) is 12.0. The first kappa shape index (κ1) is 20.4. The molecule has 2 saturated carbocycles. The molecule has 2 aliphatic carbocycles. The molecule has 2 aromatic heterocycles. The predicted molar refractivity (Wildman–Crippen MR) is 125 cm³/mol. The van der Waals surface area contributed by atoms with Gasteiger partial charge in [0.1, 0.15) is 0 Å². The molecular weight excluding hydrogens is 384 g/mol. The lowest BCUT2D eigenvalue weighted by Gasteiger charge is -2.27. The van der Waals surface area contributed by atoms with Crippen LogP contribution in [0.3, 0.4) is 0 Å². The number of rotatable bonds is 6. The minimum absolute atomic E-state index is 0.680. The van der Waals surface area contributed by atoms with Crippen LogP contribution >= 0.6 is 0 Å². The Balaban J connectivity index is 1.29. The summed E-state index contributed by atoms with van der Waals surface area (Å²) in [6, 6.07) is 8.91. The summed E-state index contributed by atoms with van der Waals surface area (Å²) in [6.45, 7) is 1.75. The fraction of sp³-hybridized carbons (Fsp3) is 0.560. The van der Waals surface area contributed by atoms with Crippen LogP contribution in [-0.2, 0) is 0 Å². The summed E-state index contributed by atoms with van der Waals surface area (Å²) in [6.07, 6.45) is 15.4. The summed E-state index contributed by atoms with van der Waals surface area (Å²) in [5.74, 6) is 2.80. The molecule has 164 valence electrons. The molecule has 0 aliphatic heterocycles. The molecule has 0 amide bonds. The number of nitrogens with zero attached hydrogens (tertiary/aromatic N) is 4. The van der Waals surface area contributed by atoms with E-state index in [1.807, 2.05) is 17.1 Å². The summed E-state index contributed by atoms with van der Waals surface area (Å²) >= 11 is 0. The van der Waals surface area contributed by atoms with Gasteiger partial charge in [0.25, 0.3) is 0 Å². The Morgan fingerprint density at radius 2 is 1.65 bits per heavy atom. The van der Waals surface area contributed by atoms with E-state index in [4.69, 9.17) is 10.7 Å². The van der Waals surface area contributed by atoms with Gasteiger partial charge in [0.2, 0.25) is 5.95 Å². The molecule has 0 unspecified atom stereocenters. The van der Waals surface area contributed by atoms with Crippen LogP contribution in [0.1, 0.15) is 69.3 Å². The van der Waals surface area contributed by atoms with Crippen molar-refractivity contribution in [2.45, 2.75) is 63.7 Å². The molecule has 0 radical (unpaired) electrons. The highest BCUT2D eigenvalue weighted by Crippen LogP contribution is 2.33. The standard InChI is InChI=1S/C25H34N6/c26-14-18-6-8-19(9-7-18)15-27-25-28-16-22-17-29-31(24(22)30-25)23-12-10-21(11-13-23)20-4-2-1-3-5-20/h10-13,16-20H,1-9,14-15,26H2,(H,27,28,30). The third-order valence-electron chi connectivity index (χ3n) is 7.37. The van der Waals surface area contributed by atoms with Crippen LogP contribution in [0.5, 0.6) is 0 Å². The first-order valence-corrected chi connectivity index (χ1v) is 12.0. The molecule has 31 heavy (non-hydrogen) atoms. The van der Waals surface area contributed by atoms with Crippen LogP contribution < -0.4 is 11.1 Å². The maximum atomic E-state index is 5.82. The normalized spacial score (nSPS) is 22.6. The molecule has 0 bridgehead atoms. The van der Waals surface area contributed by atoms with Crippen molar-refractivity contribution in [3.05, 3.63) is 42.2 Å². The van der Waals surface area contributed by atoms with Crippen LogP contribution in [0.15, 0.2) is 36.7 Å². The van der Waals surface area contributed by atoms with E-state index < -0.39 is 0 Å². The molecule has 6 nitrogen and oxygen atoms in total. The molecule has 1 aromatic carbocycles. The highest BCUT2D eigenvalue weighted by Gasteiger charge is 2.20. The van der Waals surface area contributed by atoms with Gasteiger partial charge in [-0.1, -0.05) is 31.4 Å². The maximum absolute atomic E-state index is 5.82. The average molecular weight is 419 g/mol. The zero-order valence-electron chi connectivity index (χ0n) is 18.3. The van der Waals surface area contributed by atoms with Gasteiger partial charge in [-0.05, 0) is 80.5 Å². The molecule has 5 rings (SSSR count). The number of anilines is 1. The minimum atomic E-state index is 0.680. The summed E-state index contributed by atoms with van der Waals surface area (Å²) in [5, 5.41) is 9.02. The second kappa shape index (κ2) is 9.35. The number of nitrogens with one attached hydrogen (secondary N) is 1. The highest BCUT2D eigenvalue weighted by molar-refractivity contribution is 5.76. The third kappa shape index (κ3) is 4.59. The monoisotopic (exact) mass is 418 g/mol. The van der Waals surface area contributed by atoms with Gasteiger partial charge in [0, 0.05) is 12.7 Å². The molecule has 6 heteroatoms. The van der Waals surface area contributed by atoms with Crippen molar-refractivity contribution in [2.75, 3.05) is 18.4 Å². The zero-order chi connectivity index (χ0) is 21.0. The molecule has 3 aromatic rings. The summed E-state index contributed by atoms with van der Waals surface area (Å²) < 4.78 is 1.93. The third-order valence-corrected chi connectivity index (χ3v) is 7.37. The van der Waals surface area contributed by atoms with Crippen LogP contribution in [0.4, 0.5) is 5.95 Å². The van der Waals surface area contributed by atoms with Gasteiger partial charge < -0.3 is 11.1 Å². The smallest absolute Gasteiger partial charge is 0.224 e. The predicted octanol–water partition coefficient (Wildman–Crippen LogP) is 5.04. The van der Waals surface area contributed by atoms with Crippen molar-refractivity contribution < 1.29 is 0 Å². The van der Waals surface area contributed by atoms with Crippen LogP contribution in [0.2, 0.25) is 0 Å². The Bertz CT molecular complexity index is 981. The van der Waals surface area contributed by atoms with E-state index in [0.717, 1.165) is 35.7 Å². The van der Waals surface area contributed by atoms with Crippen molar-refractivity contribution in [2.24, 2.45) is 17.6 Å². The highest BCUT2D eigenvalue weighted by atomic mass is 15.3. The number of nitrogens with two attached hydrogens (primary N) is 1. The molecule has 0 saturated heterocycles. The first-order chi connectivity index (χ1) is 15.3. The van der Waals surface area contributed by atoms with Crippen LogP contribution in [0.25, 0.3) is 16.7 Å². The van der Waals surface area contributed by atoms with Gasteiger partial charge in [-0.2, -0.15) is 10.1 Å². The van der Waals surface area contributed by atoms with Crippen molar-refractivity contribution in [1.82, 2.24) is 19.7 Å². The van der Waals surface area contributed by atoms with E-state index in [9.17, 15) is 0 Å². The molecular formula is C25H34N6. The largest absolute Gasteiger partial charge is 0.354 e. The van der Waals surface area contributed by atoms with Crippen molar-refractivity contribution >= 4 is 17.0 Å². The van der Waals surface area contributed by atoms with Crippen molar-refractivity contribution in [3.63, 3.8) is 0 Å². The Labute approximate surface area is 184 Å². The molecule has 0 spiro atoms. The van der Waals surface area contributed by atoms with E-state index in [0.29, 0.717) is 17.8 Å². The lowest BCUT2D eigenvalue weighted by Crippen LogP contribution is -2.25. The summed E-state index contributed by atoms with van der Waals surface area (Å²) in [4.78, 5) is 9.31. The number of hydrogen-bond acceptors (Lipinski definition) is 5. The summed E-state index contributed by atoms with van der Waals surface area (Å²) in [5.41, 5.74) is 9.19. The quantitative estimate of drug-likeness (QED) is 0.586. The topological polar surface area (TPSA) is 81.6 Å². The number of benzene rings is 1. The van der Waals surface area contributed by atoms with Gasteiger partial charge >= 0.3 is 0 Å². The Hall–Kier alpha value is -2.47. The van der Waals surface area contributed by atoms with Gasteiger partial charge in [-0.15, -0.1) is 0 Å². The SMILES string of the molecule is NCC1CCC(CNc2ncc3cnn(-c4ccc(C5CCCCC5)cc4)c3n2)CC1. The van der Waals surface area contributed by atoms with Gasteiger partial charge in [0.15, 0.2) is 5.65 Å². The Morgan fingerprint density at radius 1 is 0.903 bits per heavy atom. The van der Waals surface area contributed by atoms with Gasteiger partial charge in [0.05, 0.1) is 17.3 Å². The zero-order valence-corrected chi connectivity index (χ0v) is 18.3. The molecule has 2 fully saturated rings. The molecule has 2 heterocycles. The van der Waals surface area contributed by atoms with E-state index >= 15 is 0 Å². The van der Waals surface area contributed by atoms with E-state index in [2.05, 4.69) is 39.7 Å². The van der Waals surface area contributed by atoms with E-state index in [1.165, 1.54) is 63.4 Å². The van der Waals surface area contributed by atoms with E-state index in [1.54, 1.807) is 0 Å². The Kier molecular flexibility index (Phi) is 6.16. The Morgan fingerprint density at radius 3 is 2.39 bits per heavy atom. The summed E-state index contributed by atoms with van der Waals surface area (Å²) in [7, 11) is 0. The number of fused-ring (bicyclic) bond motifs is 1. The van der Waals surface area contributed by atoms with Crippen LogP contribution in [0, 0.1) is 11.8 Å². The number of aromatic nitrogens is 4. The van der Waals surface area contributed by atoms with Crippen molar-refractivity contribution in [3.8, 4) is 5.69 Å². The maximum Gasteiger partial charge on any atom is 0.224 e. The second-order valence-corrected chi connectivity index (χ2v) is 9.46.